The molecule has 1 aromatic carbocycles. The van der Waals surface area contributed by atoms with Crippen LogP contribution in [0.4, 0.5) is 0 Å². The van der Waals surface area contributed by atoms with Crippen molar-refractivity contribution in [1.82, 2.24) is 0 Å². The average Bonchev–Trinajstić information content (AvgIpc) is 2.30. The zero-order valence-corrected chi connectivity index (χ0v) is 12.2. The number of carbonyl (C=O) groups excluding carboxylic acids is 2. The van der Waals surface area contributed by atoms with Crippen molar-refractivity contribution in [1.29, 1.82) is 0 Å². The molecule has 0 saturated heterocycles. The summed E-state index contributed by atoms with van der Waals surface area (Å²) >= 11 is 0. The number of Topliss-reactive ketones (excluding diaryl/α,β-unsaturated/α-hetero) is 2. The Morgan fingerprint density at radius 1 is 1.06 bits per heavy atom. The average molecular weight is 246 g/mol. The summed E-state index contributed by atoms with van der Waals surface area (Å²) in [5, 5.41) is 0. The second kappa shape index (κ2) is 5.05. The Kier molecular flexibility index (Phi) is 4.10. The monoisotopic (exact) mass is 246 g/mol. The summed E-state index contributed by atoms with van der Waals surface area (Å²) in [5.74, 6) is 0.0304. The maximum Gasteiger partial charge on any atom is 0.169 e. The first-order chi connectivity index (χ1) is 8.22. The molecular formula is C16H22O2. The van der Waals surface area contributed by atoms with Crippen LogP contribution >= 0.6 is 0 Å². The van der Waals surface area contributed by atoms with Crippen molar-refractivity contribution in [2.24, 2.45) is 5.41 Å². The summed E-state index contributed by atoms with van der Waals surface area (Å²) in [6, 6.07) is 3.82. The summed E-state index contributed by atoms with van der Waals surface area (Å²) < 4.78 is 0. The van der Waals surface area contributed by atoms with E-state index >= 15 is 0 Å². The molecule has 1 rings (SSSR count). The molecule has 0 saturated carbocycles. The van der Waals surface area contributed by atoms with Crippen LogP contribution in [-0.4, -0.2) is 11.6 Å². The standard InChI is InChI=1S/C16H22O2/c1-7-16(5,6)15(18)14-11(3)9-8-10(2)13(14)12(4)17/h8-9H,7H2,1-6H3. The van der Waals surface area contributed by atoms with E-state index < -0.39 is 5.41 Å². The van der Waals surface area contributed by atoms with E-state index in [-0.39, 0.29) is 11.6 Å². The molecule has 0 aliphatic carbocycles. The Balaban J connectivity index is 3.54. The summed E-state index contributed by atoms with van der Waals surface area (Å²) in [5.41, 5.74) is 2.53. The van der Waals surface area contributed by atoms with Crippen molar-refractivity contribution in [2.45, 2.75) is 48.0 Å². The van der Waals surface area contributed by atoms with E-state index in [1.807, 2.05) is 46.8 Å². The molecule has 2 heteroatoms. The van der Waals surface area contributed by atoms with Crippen molar-refractivity contribution < 1.29 is 9.59 Å². The predicted molar refractivity (Wildman–Crippen MR) is 74.3 cm³/mol. The molecule has 0 aliphatic heterocycles. The number of hydrogen-bond donors (Lipinski definition) is 0. The summed E-state index contributed by atoms with van der Waals surface area (Å²) in [6.07, 6.45) is 0.760. The zero-order valence-electron chi connectivity index (χ0n) is 12.2. The maximum absolute atomic E-state index is 12.6. The first-order valence-electron chi connectivity index (χ1n) is 6.38. The van der Waals surface area contributed by atoms with Crippen LogP contribution in [0.3, 0.4) is 0 Å². The minimum absolute atomic E-state index is 0.0357. The topological polar surface area (TPSA) is 34.1 Å². The molecule has 0 amide bonds. The van der Waals surface area contributed by atoms with Crippen molar-refractivity contribution in [2.75, 3.05) is 0 Å². The van der Waals surface area contributed by atoms with Gasteiger partial charge >= 0.3 is 0 Å². The Morgan fingerprint density at radius 2 is 1.50 bits per heavy atom. The molecule has 0 atom stereocenters. The Labute approximate surface area is 109 Å². The van der Waals surface area contributed by atoms with Crippen LogP contribution in [0.15, 0.2) is 12.1 Å². The van der Waals surface area contributed by atoms with Crippen LogP contribution in [0.25, 0.3) is 0 Å². The lowest BCUT2D eigenvalue weighted by molar-refractivity contribution is 0.0826. The van der Waals surface area contributed by atoms with Gasteiger partial charge in [0.05, 0.1) is 0 Å². The lowest BCUT2D eigenvalue weighted by Crippen LogP contribution is -2.26. The van der Waals surface area contributed by atoms with Crippen molar-refractivity contribution in [3.63, 3.8) is 0 Å². The van der Waals surface area contributed by atoms with Crippen molar-refractivity contribution >= 4 is 11.6 Å². The molecule has 0 aromatic heterocycles. The molecule has 1 aromatic rings. The third-order valence-corrected chi connectivity index (χ3v) is 3.70. The van der Waals surface area contributed by atoms with E-state index in [2.05, 4.69) is 0 Å². The molecule has 0 unspecified atom stereocenters. The fraction of sp³-hybridized carbons (Fsp3) is 0.500. The summed E-state index contributed by atoms with van der Waals surface area (Å²) in [6.45, 7) is 11.2. The van der Waals surface area contributed by atoms with Gasteiger partial charge in [0.25, 0.3) is 0 Å². The largest absolute Gasteiger partial charge is 0.294 e. The predicted octanol–water partition coefficient (Wildman–Crippen LogP) is 4.12. The fourth-order valence-electron chi connectivity index (χ4n) is 2.06. The third-order valence-electron chi connectivity index (χ3n) is 3.70. The highest BCUT2D eigenvalue weighted by Gasteiger charge is 2.30. The van der Waals surface area contributed by atoms with E-state index in [4.69, 9.17) is 0 Å². The second-order valence-electron chi connectivity index (χ2n) is 5.57. The molecule has 0 N–H and O–H groups in total. The van der Waals surface area contributed by atoms with Gasteiger partial charge in [0.15, 0.2) is 11.6 Å². The molecule has 18 heavy (non-hydrogen) atoms. The zero-order chi connectivity index (χ0) is 14.1. The molecule has 0 spiro atoms. The normalized spacial score (nSPS) is 11.4. The summed E-state index contributed by atoms with van der Waals surface area (Å²) in [4.78, 5) is 24.5. The van der Waals surface area contributed by atoms with E-state index in [1.54, 1.807) is 0 Å². The van der Waals surface area contributed by atoms with Gasteiger partial charge in [0, 0.05) is 16.5 Å². The Hall–Kier alpha value is -1.44. The van der Waals surface area contributed by atoms with Gasteiger partial charge in [-0.05, 0) is 38.3 Å². The van der Waals surface area contributed by atoms with Crippen LogP contribution in [0.2, 0.25) is 0 Å². The lowest BCUT2D eigenvalue weighted by Gasteiger charge is -2.24. The number of benzene rings is 1. The van der Waals surface area contributed by atoms with Gasteiger partial charge in [-0.15, -0.1) is 0 Å². The first-order valence-corrected chi connectivity index (χ1v) is 6.38. The van der Waals surface area contributed by atoms with Crippen molar-refractivity contribution in [3.8, 4) is 0 Å². The SMILES string of the molecule is CCC(C)(C)C(=O)c1c(C)ccc(C)c1C(C)=O. The number of aryl methyl sites for hydroxylation is 2. The van der Waals surface area contributed by atoms with Gasteiger partial charge in [0.1, 0.15) is 0 Å². The smallest absolute Gasteiger partial charge is 0.169 e. The third kappa shape index (κ3) is 2.53. The number of hydrogen-bond acceptors (Lipinski definition) is 2. The minimum atomic E-state index is -0.428. The van der Waals surface area contributed by atoms with Gasteiger partial charge < -0.3 is 0 Å². The highest BCUT2D eigenvalue weighted by Crippen LogP contribution is 2.30. The molecule has 0 radical (unpaired) electrons. The van der Waals surface area contributed by atoms with Crippen LogP contribution in [-0.2, 0) is 0 Å². The molecule has 98 valence electrons. The van der Waals surface area contributed by atoms with Gasteiger partial charge in [-0.25, -0.2) is 0 Å². The first kappa shape index (κ1) is 14.6. The summed E-state index contributed by atoms with van der Waals surface area (Å²) in [7, 11) is 0. The lowest BCUT2D eigenvalue weighted by atomic mass is 9.78. The Bertz CT molecular complexity index is 496. The number of ketones is 2. The molecular weight excluding hydrogens is 224 g/mol. The maximum atomic E-state index is 12.6. The van der Waals surface area contributed by atoms with E-state index in [0.29, 0.717) is 11.1 Å². The highest BCUT2D eigenvalue weighted by molar-refractivity contribution is 6.11. The molecule has 0 aliphatic rings. The molecule has 0 heterocycles. The van der Waals surface area contributed by atoms with E-state index in [9.17, 15) is 9.59 Å². The highest BCUT2D eigenvalue weighted by atomic mass is 16.1. The van der Waals surface area contributed by atoms with Crippen LogP contribution in [0, 0.1) is 19.3 Å². The quantitative estimate of drug-likeness (QED) is 0.749. The van der Waals surface area contributed by atoms with E-state index in [1.165, 1.54) is 6.92 Å². The number of rotatable bonds is 4. The fourth-order valence-corrected chi connectivity index (χ4v) is 2.06. The van der Waals surface area contributed by atoms with Crippen LogP contribution in [0.5, 0.6) is 0 Å². The van der Waals surface area contributed by atoms with Gasteiger partial charge in [-0.2, -0.15) is 0 Å². The Morgan fingerprint density at radius 3 is 1.89 bits per heavy atom. The second-order valence-corrected chi connectivity index (χ2v) is 5.57. The van der Waals surface area contributed by atoms with Gasteiger partial charge in [0.2, 0.25) is 0 Å². The molecule has 2 nitrogen and oxygen atoms in total. The molecule has 0 bridgehead atoms. The van der Waals surface area contributed by atoms with Crippen LogP contribution < -0.4 is 0 Å². The van der Waals surface area contributed by atoms with Crippen LogP contribution in [0.1, 0.15) is 66.0 Å². The van der Waals surface area contributed by atoms with Crippen molar-refractivity contribution in [3.05, 3.63) is 34.4 Å². The van der Waals surface area contributed by atoms with Gasteiger partial charge in [-0.1, -0.05) is 32.9 Å². The molecule has 0 fully saturated rings. The van der Waals surface area contributed by atoms with E-state index in [0.717, 1.165) is 17.5 Å². The minimum Gasteiger partial charge on any atom is -0.294 e. The van der Waals surface area contributed by atoms with Gasteiger partial charge in [-0.3, -0.25) is 9.59 Å². The number of carbonyl (C=O) groups is 2.